The van der Waals surface area contributed by atoms with Crippen molar-refractivity contribution in [1.82, 2.24) is 9.97 Å². The predicted octanol–water partition coefficient (Wildman–Crippen LogP) is 1.01. The van der Waals surface area contributed by atoms with Gasteiger partial charge < -0.3 is 10.0 Å². The molecule has 1 N–H and O–H groups in total. The minimum Gasteiger partial charge on any atom is -0.391 e. The number of aliphatic hydroxyl groups excluding tert-OH is 1. The Hall–Kier alpha value is -0.870. The molecule has 4 nitrogen and oxygen atoms in total. The summed E-state index contributed by atoms with van der Waals surface area (Å²) in [5.41, 5.74) is 0.871. The van der Waals surface area contributed by atoms with Gasteiger partial charge in [-0.1, -0.05) is 11.6 Å². The molecule has 0 aromatic carbocycles. The summed E-state index contributed by atoms with van der Waals surface area (Å²) < 4.78 is 0. The maximum Gasteiger partial charge on any atom is 0.226 e. The molecular weight excluding hydrogens is 202 g/mol. The number of β-amino-alcohol motifs (C(OH)–C–C–N with tert-alkyl or cyclic N) is 1. The van der Waals surface area contributed by atoms with Gasteiger partial charge in [0.25, 0.3) is 0 Å². The number of hydrogen-bond acceptors (Lipinski definition) is 4. The van der Waals surface area contributed by atoms with Crippen molar-refractivity contribution in [3.63, 3.8) is 0 Å². The van der Waals surface area contributed by atoms with Gasteiger partial charge in [-0.15, -0.1) is 0 Å². The van der Waals surface area contributed by atoms with E-state index in [1.165, 1.54) is 0 Å². The lowest BCUT2D eigenvalue weighted by molar-refractivity contribution is 0.198. The van der Waals surface area contributed by atoms with Crippen LogP contribution in [0.4, 0.5) is 5.95 Å². The van der Waals surface area contributed by atoms with Gasteiger partial charge in [-0.25, -0.2) is 9.97 Å². The van der Waals surface area contributed by atoms with Crippen molar-refractivity contribution < 1.29 is 5.11 Å². The highest BCUT2D eigenvalue weighted by Crippen LogP contribution is 2.19. The second-order valence-corrected chi connectivity index (χ2v) is 3.89. The summed E-state index contributed by atoms with van der Waals surface area (Å²) in [7, 11) is 0. The van der Waals surface area contributed by atoms with Crippen LogP contribution >= 0.6 is 11.6 Å². The average molecular weight is 214 g/mol. The van der Waals surface area contributed by atoms with Gasteiger partial charge in [0.15, 0.2) is 0 Å². The van der Waals surface area contributed by atoms with E-state index in [-0.39, 0.29) is 6.10 Å². The second-order valence-electron chi connectivity index (χ2n) is 3.53. The van der Waals surface area contributed by atoms with Gasteiger partial charge >= 0.3 is 0 Å². The highest BCUT2D eigenvalue weighted by atomic mass is 35.5. The molecule has 0 spiro atoms. The fourth-order valence-corrected chi connectivity index (χ4v) is 1.61. The van der Waals surface area contributed by atoms with Crippen molar-refractivity contribution in [3.05, 3.63) is 16.9 Å². The summed E-state index contributed by atoms with van der Waals surface area (Å²) in [5.74, 6) is 0.608. The van der Waals surface area contributed by atoms with E-state index in [0.717, 1.165) is 18.5 Å². The molecule has 1 aromatic rings. The molecule has 0 radical (unpaired) electrons. The maximum absolute atomic E-state index is 9.35. The summed E-state index contributed by atoms with van der Waals surface area (Å²) in [6.45, 7) is 3.25. The normalized spacial score (nSPS) is 21.6. The van der Waals surface area contributed by atoms with Crippen molar-refractivity contribution in [2.45, 2.75) is 19.4 Å². The molecule has 1 aliphatic heterocycles. The molecule has 1 atom stereocenters. The van der Waals surface area contributed by atoms with Crippen molar-refractivity contribution in [2.75, 3.05) is 18.0 Å². The molecule has 0 bridgehead atoms. The van der Waals surface area contributed by atoms with Crippen LogP contribution in [0.1, 0.15) is 12.0 Å². The molecule has 0 saturated carbocycles. The monoisotopic (exact) mass is 213 g/mol. The highest BCUT2D eigenvalue weighted by molar-refractivity contribution is 6.30. The first-order chi connectivity index (χ1) is 6.66. The Morgan fingerprint density at radius 1 is 1.64 bits per heavy atom. The van der Waals surface area contributed by atoms with Crippen LogP contribution in [0.15, 0.2) is 6.20 Å². The molecule has 5 heteroatoms. The van der Waals surface area contributed by atoms with Crippen LogP contribution in [0.25, 0.3) is 0 Å². The molecule has 2 rings (SSSR count). The first kappa shape index (κ1) is 9.68. The Morgan fingerprint density at radius 2 is 2.43 bits per heavy atom. The lowest BCUT2D eigenvalue weighted by atomic mass is 10.3. The third kappa shape index (κ3) is 1.81. The smallest absolute Gasteiger partial charge is 0.226 e. The zero-order valence-electron chi connectivity index (χ0n) is 7.94. The Morgan fingerprint density at radius 3 is 3.00 bits per heavy atom. The molecule has 1 aromatic heterocycles. The SMILES string of the molecule is Cc1cnc(N2CC[C@@H](O)C2)nc1Cl. The summed E-state index contributed by atoms with van der Waals surface area (Å²) in [6.07, 6.45) is 2.21. The third-order valence-corrected chi connectivity index (χ3v) is 2.73. The van der Waals surface area contributed by atoms with Gasteiger partial charge in [-0.2, -0.15) is 0 Å². The van der Waals surface area contributed by atoms with Crippen LogP contribution in [0.2, 0.25) is 5.15 Å². The van der Waals surface area contributed by atoms with E-state index in [2.05, 4.69) is 9.97 Å². The first-order valence-corrected chi connectivity index (χ1v) is 4.97. The zero-order valence-corrected chi connectivity index (χ0v) is 8.70. The molecule has 0 amide bonds. The summed E-state index contributed by atoms with van der Waals surface area (Å²) in [4.78, 5) is 10.3. The van der Waals surface area contributed by atoms with Gasteiger partial charge in [-0.3, -0.25) is 0 Å². The fraction of sp³-hybridized carbons (Fsp3) is 0.556. The lowest BCUT2D eigenvalue weighted by Gasteiger charge is -2.15. The van der Waals surface area contributed by atoms with E-state index in [4.69, 9.17) is 11.6 Å². The van der Waals surface area contributed by atoms with Gasteiger partial charge in [0.1, 0.15) is 5.15 Å². The molecule has 0 aliphatic carbocycles. The van der Waals surface area contributed by atoms with E-state index in [1.54, 1.807) is 6.20 Å². The first-order valence-electron chi connectivity index (χ1n) is 4.59. The summed E-state index contributed by atoms with van der Waals surface area (Å²) in [6, 6.07) is 0. The number of aryl methyl sites for hydroxylation is 1. The summed E-state index contributed by atoms with van der Waals surface area (Å²) >= 11 is 5.89. The fourth-order valence-electron chi connectivity index (χ4n) is 1.49. The van der Waals surface area contributed by atoms with Crippen LogP contribution in [-0.2, 0) is 0 Å². The number of halogens is 1. The van der Waals surface area contributed by atoms with Gasteiger partial charge in [-0.05, 0) is 13.3 Å². The average Bonchev–Trinajstić information content (AvgIpc) is 2.57. The number of aliphatic hydroxyl groups is 1. The summed E-state index contributed by atoms with van der Waals surface area (Å²) in [5, 5.41) is 9.84. The quantitative estimate of drug-likeness (QED) is 0.708. The Balaban J connectivity index is 2.20. The maximum atomic E-state index is 9.35. The van der Waals surface area contributed by atoms with E-state index >= 15 is 0 Å². The predicted molar refractivity (Wildman–Crippen MR) is 54.6 cm³/mol. The van der Waals surface area contributed by atoms with Crippen LogP contribution < -0.4 is 4.90 Å². The number of anilines is 1. The number of aromatic nitrogens is 2. The lowest BCUT2D eigenvalue weighted by Crippen LogP contribution is -2.23. The van der Waals surface area contributed by atoms with E-state index in [0.29, 0.717) is 17.6 Å². The topological polar surface area (TPSA) is 49.2 Å². The molecular formula is C9H12ClN3O. The van der Waals surface area contributed by atoms with Crippen LogP contribution in [-0.4, -0.2) is 34.3 Å². The molecule has 1 saturated heterocycles. The van der Waals surface area contributed by atoms with E-state index < -0.39 is 0 Å². The second kappa shape index (κ2) is 3.71. The van der Waals surface area contributed by atoms with Crippen molar-refractivity contribution in [1.29, 1.82) is 0 Å². The molecule has 14 heavy (non-hydrogen) atoms. The van der Waals surface area contributed by atoms with Crippen molar-refractivity contribution >= 4 is 17.5 Å². The minimum atomic E-state index is -0.265. The van der Waals surface area contributed by atoms with Crippen molar-refractivity contribution in [3.8, 4) is 0 Å². The van der Waals surface area contributed by atoms with Gasteiger partial charge in [0.2, 0.25) is 5.95 Å². The van der Waals surface area contributed by atoms with Crippen molar-refractivity contribution in [2.24, 2.45) is 0 Å². The van der Waals surface area contributed by atoms with Gasteiger partial charge in [0, 0.05) is 24.8 Å². The minimum absolute atomic E-state index is 0.265. The Kier molecular flexibility index (Phi) is 2.56. The Bertz CT molecular complexity index is 345. The third-order valence-electron chi connectivity index (χ3n) is 2.34. The van der Waals surface area contributed by atoms with E-state index in [9.17, 15) is 5.11 Å². The van der Waals surface area contributed by atoms with Crippen LogP contribution in [0.5, 0.6) is 0 Å². The molecule has 0 unspecified atom stereocenters. The number of rotatable bonds is 1. The standard InChI is InChI=1S/C9H12ClN3O/c1-6-4-11-9(12-8(6)10)13-3-2-7(14)5-13/h4,7,14H,2-3,5H2,1H3/t7-/m1/s1. The zero-order chi connectivity index (χ0) is 10.1. The molecule has 1 fully saturated rings. The van der Waals surface area contributed by atoms with Crippen LogP contribution in [0.3, 0.4) is 0 Å². The molecule has 76 valence electrons. The Labute approximate surface area is 87.5 Å². The number of hydrogen-bond donors (Lipinski definition) is 1. The number of nitrogens with zero attached hydrogens (tertiary/aromatic N) is 3. The van der Waals surface area contributed by atoms with Crippen LogP contribution in [0, 0.1) is 6.92 Å². The molecule has 1 aliphatic rings. The van der Waals surface area contributed by atoms with E-state index in [1.807, 2.05) is 11.8 Å². The van der Waals surface area contributed by atoms with Gasteiger partial charge in [0.05, 0.1) is 6.10 Å². The highest BCUT2D eigenvalue weighted by Gasteiger charge is 2.22. The molecule has 2 heterocycles. The largest absolute Gasteiger partial charge is 0.391 e.